The molecule has 0 saturated heterocycles. The Balaban J connectivity index is 1.88. The number of hydrogen-bond acceptors (Lipinski definition) is 5. The van der Waals surface area contributed by atoms with Gasteiger partial charge in [0.05, 0.1) is 17.7 Å². The van der Waals surface area contributed by atoms with Crippen molar-refractivity contribution in [2.24, 2.45) is 0 Å². The van der Waals surface area contributed by atoms with Crippen LogP contribution in [0.15, 0.2) is 48.5 Å². The van der Waals surface area contributed by atoms with E-state index in [0.717, 1.165) is 0 Å². The van der Waals surface area contributed by atoms with Gasteiger partial charge < -0.3 is 9.47 Å². The number of esters is 1. The zero-order valence-electron chi connectivity index (χ0n) is 15.0. The van der Waals surface area contributed by atoms with Gasteiger partial charge in [0, 0.05) is 16.5 Å². The van der Waals surface area contributed by atoms with Crippen molar-refractivity contribution in [3.8, 4) is 5.75 Å². The van der Waals surface area contributed by atoms with Crippen LogP contribution < -0.4 is 4.74 Å². The first-order valence-corrected chi connectivity index (χ1v) is 8.86. The van der Waals surface area contributed by atoms with Gasteiger partial charge in [0.15, 0.2) is 5.78 Å². The number of pyridine rings is 1. The van der Waals surface area contributed by atoms with Crippen molar-refractivity contribution in [3.05, 3.63) is 70.4 Å². The predicted molar refractivity (Wildman–Crippen MR) is 103 cm³/mol. The Morgan fingerprint density at radius 1 is 1.11 bits per heavy atom. The van der Waals surface area contributed by atoms with Crippen LogP contribution in [0.5, 0.6) is 5.75 Å². The van der Waals surface area contributed by atoms with E-state index in [2.05, 4.69) is 4.98 Å². The summed E-state index contributed by atoms with van der Waals surface area (Å²) in [5, 5.41) is 0.878. The number of para-hydroxylation sites is 1. The molecule has 0 aliphatic heterocycles. The second-order valence-corrected chi connectivity index (χ2v) is 6.28. The molecule has 2 aromatic carbocycles. The topological polar surface area (TPSA) is 65.5 Å². The van der Waals surface area contributed by atoms with Crippen LogP contribution in [-0.2, 0) is 11.3 Å². The minimum atomic E-state index is -0.522. The van der Waals surface area contributed by atoms with Crippen LogP contribution in [0.2, 0.25) is 5.15 Å². The number of nitrogens with zero attached hydrogens (tertiary/aromatic N) is 1. The zero-order chi connectivity index (χ0) is 19.4. The Labute approximate surface area is 161 Å². The second kappa shape index (κ2) is 8.18. The lowest BCUT2D eigenvalue weighted by molar-refractivity contribution is 0.0472. The maximum Gasteiger partial charge on any atom is 0.339 e. The summed E-state index contributed by atoms with van der Waals surface area (Å²) >= 11 is 6.03. The molecule has 3 rings (SSSR count). The van der Waals surface area contributed by atoms with Crippen LogP contribution >= 0.6 is 11.6 Å². The summed E-state index contributed by atoms with van der Waals surface area (Å²) in [6.07, 6.45) is 0. The largest absolute Gasteiger partial charge is 0.493 e. The fourth-order valence-corrected chi connectivity index (χ4v) is 2.94. The molecule has 0 aliphatic carbocycles. The van der Waals surface area contributed by atoms with Gasteiger partial charge in [-0.3, -0.25) is 4.79 Å². The van der Waals surface area contributed by atoms with Crippen LogP contribution in [-0.4, -0.2) is 23.3 Å². The molecule has 3 aromatic rings. The minimum Gasteiger partial charge on any atom is -0.493 e. The lowest BCUT2D eigenvalue weighted by Gasteiger charge is -2.13. The molecule has 0 amide bonds. The number of rotatable bonds is 6. The molecule has 0 fully saturated rings. The van der Waals surface area contributed by atoms with Crippen molar-refractivity contribution < 1.29 is 19.1 Å². The summed E-state index contributed by atoms with van der Waals surface area (Å²) in [6.45, 7) is 3.78. The molecule has 0 saturated carbocycles. The Kier molecular flexibility index (Phi) is 5.72. The second-order valence-electron chi connectivity index (χ2n) is 5.90. The number of hydrogen-bond donors (Lipinski definition) is 0. The third-order valence-electron chi connectivity index (χ3n) is 4.03. The fourth-order valence-electron chi connectivity index (χ4n) is 2.74. The van der Waals surface area contributed by atoms with E-state index in [1.807, 2.05) is 19.1 Å². The smallest absolute Gasteiger partial charge is 0.339 e. The molecule has 0 spiro atoms. The molecular weight excluding hydrogens is 366 g/mol. The van der Waals surface area contributed by atoms with E-state index in [1.165, 1.54) is 13.0 Å². The average Bonchev–Trinajstić information content (AvgIpc) is 2.66. The van der Waals surface area contributed by atoms with E-state index < -0.39 is 5.97 Å². The first kappa shape index (κ1) is 18.9. The number of carbonyl (C=O) groups excluding carboxylic acids is 2. The highest BCUT2D eigenvalue weighted by Crippen LogP contribution is 2.25. The van der Waals surface area contributed by atoms with Gasteiger partial charge in [-0.05, 0) is 44.2 Å². The maximum absolute atomic E-state index is 12.7. The Morgan fingerprint density at radius 3 is 2.63 bits per heavy atom. The van der Waals surface area contributed by atoms with Gasteiger partial charge in [0.1, 0.15) is 17.5 Å². The van der Waals surface area contributed by atoms with Gasteiger partial charge in [-0.1, -0.05) is 29.8 Å². The van der Waals surface area contributed by atoms with Gasteiger partial charge in [0.2, 0.25) is 0 Å². The van der Waals surface area contributed by atoms with E-state index in [-0.39, 0.29) is 17.5 Å². The Bertz CT molecular complexity index is 1020. The molecule has 0 aliphatic rings. The lowest BCUT2D eigenvalue weighted by Crippen LogP contribution is -2.08. The summed E-state index contributed by atoms with van der Waals surface area (Å²) < 4.78 is 11.0. The Morgan fingerprint density at radius 2 is 1.89 bits per heavy atom. The van der Waals surface area contributed by atoms with Gasteiger partial charge in [0.25, 0.3) is 0 Å². The van der Waals surface area contributed by atoms with E-state index in [0.29, 0.717) is 39.9 Å². The van der Waals surface area contributed by atoms with Crippen LogP contribution in [0, 0.1) is 0 Å². The van der Waals surface area contributed by atoms with E-state index >= 15 is 0 Å². The van der Waals surface area contributed by atoms with Crippen molar-refractivity contribution in [1.29, 1.82) is 0 Å². The van der Waals surface area contributed by atoms with Crippen molar-refractivity contribution in [2.75, 3.05) is 6.61 Å². The van der Waals surface area contributed by atoms with Crippen LogP contribution in [0.25, 0.3) is 10.9 Å². The SMILES string of the molecule is CCOc1ccc(C(C)=O)cc1COC(=O)c1cc(Cl)nc2ccccc12. The summed E-state index contributed by atoms with van der Waals surface area (Å²) in [5.74, 6) is -0.0170. The van der Waals surface area contributed by atoms with Crippen molar-refractivity contribution in [1.82, 2.24) is 4.98 Å². The molecule has 0 atom stereocenters. The van der Waals surface area contributed by atoms with Gasteiger partial charge in [-0.2, -0.15) is 0 Å². The number of benzene rings is 2. The van der Waals surface area contributed by atoms with Gasteiger partial charge >= 0.3 is 5.97 Å². The highest BCUT2D eigenvalue weighted by molar-refractivity contribution is 6.30. The van der Waals surface area contributed by atoms with Gasteiger partial charge in [-0.25, -0.2) is 9.78 Å². The summed E-state index contributed by atoms with van der Waals surface area (Å²) in [7, 11) is 0. The molecule has 0 unspecified atom stereocenters. The summed E-state index contributed by atoms with van der Waals surface area (Å²) in [5.41, 5.74) is 2.11. The van der Waals surface area contributed by atoms with Crippen LogP contribution in [0.4, 0.5) is 0 Å². The number of aromatic nitrogens is 1. The molecule has 27 heavy (non-hydrogen) atoms. The summed E-state index contributed by atoms with van der Waals surface area (Å²) in [6, 6.07) is 13.8. The molecule has 1 aromatic heterocycles. The molecule has 0 N–H and O–H groups in total. The van der Waals surface area contributed by atoms with E-state index in [9.17, 15) is 9.59 Å². The van der Waals surface area contributed by atoms with E-state index in [4.69, 9.17) is 21.1 Å². The minimum absolute atomic E-state index is 0.0243. The van der Waals surface area contributed by atoms with Crippen molar-refractivity contribution >= 4 is 34.3 Å². The number of halogens is 1. The summed E-state index contributed by atoms with van der Waals surface area (Å²) in [4.78, 5) is 28.5. The lowest BCUT2D eigenvalue weighted by atomic mass is 10.1. The normalized spacial score (nSPS) is 10.6. The molecule has 1 heterocycles. The van der Waals surface area contributed by atoms with Crippen molar-refractivity contribution in [2.45, 2.75) is 20.5 Å². The van der Waals surface area contributed by atoms with Crippen molar-refractivity contribution in [3.63, 3.8) is 0 Å². The van der Waals surface area contributed by atoms with Crippen LogP contribution in [0.1, 0.15) is 40.1 Å². The fraction of sp³-hybridized carbons (Fsp3) is 0.190. The number of ether oxygens (including phenoxy) is 2. The number of Topliss-reactive ketones (excluding diaryl/α,β-unsaturated/α-hetero) is 1. The third kappa shape index (κ3) is 4.26. The first-order chi connectivity index (χ1) is 13.0. The quantitative estimate of drug-likeness (QED) is 0.346. The highest BCUT2D eigenvalue weighted by atomic mass is 35.5. The highest BCUT2D eigenvalue weighted by Gasteiger charge is 2.16. The Hall–Kier alpha value is -2.92. The molecular formula is C21H18ClNO4. The van der Waals surface area contributed by atoms with E-state index in [1.54, 1.807) is 30.3 Å². The monoisotopic (exact) mass is 383 g/mol. The predicted octanol–water partition coefficient (Wildman–Crippen LogP) is 4.85. The standard InChI is InChI=1S/C21H18ClNO4/c1-3-26-19-9-8-14(13(2)24)10-15(19)12-27-21(25)17-11-20(22)23-18-7-5-4-6-16(17)18/h4-11H,3,12H2,1-2H3. The van der Waals surface area contributed by atoms with Gasteiger partial charge in [-0.15, -0.1) is 0 Å². The average molecular weight is 384 g/mol. The maximum atomic E-state index is 12.7. The van der Waals surface area contributed by atoms with Crippen LogP contribution in [0.3, 0.4) is 0 Å². The molecule has 0 radical (unpaired) electrons. The molecule has 0 bridgehead atoms. The number of fused-ring (bicyclic) bond motifs is 1. The molecule has 6 heteroatoms. The molecule has 5 nitrogen and oxygen atoms in total. The number of carbonyl (C=O) groups is 2. The molecule has 138 valence electrons. The third-order valence-corrected chi connectivity index (χ3v) is 4.22. The number of ketones is 1. The first-order valence-electron chi connectivity index (χ1n) is 8.48. The zero-order valence-corrected chi connectivity index (χ0v) is 15.7.